The van der Waals surface area contributed by atoms with Crippen LogP contribution >= 0.6 is 0 Å². The molecule has 29 heavy (non-hydrogen) atoms. The van der Waals surface area contributed by atoms with Crippen LogP contribution in [0.5, 0.6) is 0 Å². The van der Waals surface area contributed by atoms with Gasteiger partial charge in [0.2, 0.25) is 5.84 Å². The molecular formula is C20H22N4O4S. The summed E-state index contributed by atoms with van der Waals surface area (Å²) in [5.41, 5.74) is 4.19. The lowest BCUT2D eigenvalue weighted by atomic mass is 10.1. The number of likely N-dealkylation sites (N-methyl/N-ethyl adjacent to an activating group) is 1. The first-order valence-corrected chi connectivity index (χ1v) is 10.8. The molecule has 8 nitrogen and oxygen atoms in total. The number of para-hydroxylation sites is 1. The smallest absolute Gasteiger partial charge is 0.290 e. The minimum Gasteiger partial charge on any atom is -0.332 e. The van der Waals surface area contributed by atoms with Crippen LogP contribution in [0.1, 0.15) is 18.5 Å². The Kier molecular flexibility index (Phi) is 5.69. The van der Waals surface area contributed by atoms with Gasteiger partial charge in [0.15, 0.2) is 9.84 Å². The Morgan fingerprint density at radius 3 is 2.34 bits per heavy atom. The molecule has 0 unspecified atom stereocenters. The van der Waals surface area contributed by atoms with Crippen LogP contribution in [0.25, 0.3) is 0 Å². The Morgan fingerprint density at radius 2 is 1.76 bits per heavy atom. The van der Waals surface area contributed by atoms with Crippen molar-refractivity contribution in [1.29, 1.82) is 0 Å². The highest BCUT2D eigenvalue weighted by atomic mass is 32.2. The molecule has 1 aliphatic heterocycles. The zero-order valence-electron chi connectivity index (χ0n) is 16.4. The van der Waals surface area contributed by atoms with Gasteiger partial charge < -0.3 is 4.90 Å². The fraction of sp³-hybridized carbons (Fsp3) is 0.250. The van der Waals surface area contributed by atoms with Gasteiger partial charge >= 0.3 is 0 Å². The van der Waals surface area contributed by atoms with Crippen molar-refractivity contribution in [3.05, 3.63) is 60.2 Å². The average Bonchev–Trinajstić information content (AvgIpc) is 2.72. The van der Waals surface area contributed by atoms with E-state index in [-0.39, 0.29) is 35.1 Å². The molecule has 0 radical (unpaired) electrons. The molecular weight excluding hydrogens is 392 g/mol. The van der Waals surface area contributed by atoms with Crippen LogP contribution < -0.4 is 10.4 Å². The summed E-state index contributed by atoms with van der Waals surface area (Å²) < 4.78 is 23.2. The Balaban J connectivity index is 1.76. The number of hydrogen-bond acceptors (Lipinski definition) is 6. The highest BCUT2D eigenvalue weighted by molar-refractivity contribution is 7.90. The van der Waals surface area contributed by atoms with Crippen molar-refractivity contribution >= 4 is 33.2 Å². The Labute approximate surface area is 169 Å². The number of amidine groups is 1. The lowest BCUT2D eigenvalue weighted by molar-refractivity contribution is -0.125. The summed E-state index contributed by atoms with van der Waals surface area (Å²) in [5, 5.41) is 1.31. The second-order valence-corrected chi connectivity index (χ2v) is 8.79. The topological polar surface area (TPSA) is 99.1 Å². The first kappa shape index (κ1) is 20.5. The van der Waals surface area contributed by atoms with E-state index in [1.165, 1.54) is 22.0 Å². The summed E-state index contributed by atoms with van der Waals surface area (Å²) >= 11 is 0. The standard InChI is InChI=1S/C20H22N4O4S/c1-14(15-9-11-17(12-10-15)29(3,27)28)23(2)20(26)19-21-13-18(25)24(22-19)16-7-5-4-6-8-16/h4-12,14H,13H2,1-3H3,(H,21,22)/t14-/m0/s1. The number of aliphatic imine (C=N–C) groups is 1. The number of carbonyl (C=O) groups excluding carboxylic acids is 2. The molecule has 0 saturated carbocycles. The largest absolute Gasteiger partial charge is 0.332 e. The first-order valence-electron chi connectivity index (χ1n) is 8.95. The molecule has 9 heteroatoms. The summed E-state index contributed by atoms with van der Waals surface area (Å²) in [6, 6.07) is 15.0. The van der Waals surface area contributed by atoms with Crippen LogP contribution in [-0.2, 0) is 19.4 Å². The van der Waals surface area contributed by atoms with Gasteiger partial charge in [0.05, 0.1) is 16.6 Å². The van der Waals surface area contributed by atoms with Crippen molar-refractivity contribution in [3.8, 4) is 0 Å². The molecule has 1 heterocycles. The number of rotatable bonds is 5. The summed E-state index contributed by atoms with van der Waals surface area (Å²) in [6.07, 6.45) is 1.15. The molecule has 2 amide bonds. The zero-order chi connectivity index (χ0) is 21.2. The minimum atomic E-state index is -3.28. The predicted molar refractivity (Wildman–Crippen MR) is 110 cm³/mol. The van der Waals surface area contributed by atoms with Crippen LogP contribution in [0, 0.1) is 0 Å². The minimum absolute atomic E-state index is 0.0653. The molecule has 1 aliphatic rings. The van der Waals surface area contributed by atoms with Gasteiger partial charge in [-0.15, -0.1) is 0 Å². The molecule has 1 N–H and O–H groups in total. The second kappa shape index (κ2) is 8.04. The maximum absolute atomic E-state index is 12.9. The maximum Gasteiger partial charge on any atom is 0.290 e. The average molecular weight is 414 g/mol. The van der Waals surface area contributed by atoms with Crippen molar-refractivity contribution in [2.75, 3.05) is 24.9 Å². The van der Waals surface area contributed by atoms with E-state index in [2.05, 4.69) is 10.4 Å². The molecule has 0 bridgehead atoms. The monoisotopic (exact) mass is 414 g/mol. The van der Waals surface area contributed by atoms with Gasteiger partial charge in [-0.05, 0) is 36.8 Å². The Hall–Kier alpha value is -3.20. The van der Waals surface area contributed by atoms with Crippen molar-refractivity contribution in [2.45, 2.75) is 17.9 Å². The lowest BCUT2D eigenvalue weighted by Crippen LogP contribution is -2.56. The van der Waals surface area contributed by atoms with Gasteiger partial charge in [-0.2, -0.15) is 0 Å². The van der Waals surface area contributed by atoms with Crippen molar-refractivity contribution in [1.82, 2.24) is 10.3 Å². The van der Waals surface area contributed by atoms with E-state index in [0.717, 1.165) is 11.8 Å². The number of hydrazine groups is 1. The summed E-state index contributed by atoms with van der Waals surface area (Å²) in [7, 11) is -1.65. The van der Waals surface area contributed by atoms with E-state index in [0.29, 0.717) is 5.69 Å². The summed E-state index contributed by atoms with van der Waals surface area (Å²) in [6.45, 7) is 1.70. The van der Waals surface area contributed by atoms with Crippen LogP contribution in [-0.4, -0.2) is 50.8 Å². The third-order valence-corrected chi connectivity index (χ3v) is 5.88. The zero-order valence-corrected chi connectivity index (χ0v) is 17.2. The number of nitrogens with one attached hydrogen (secondary N) is 1. The third kappa shape index (κ3) is 4.45. The molecule has 0 aliphatic carbocycles. The van der Waals surface area contributed by atoms with E-state index in [9.17, 15) is 18.0 Å². The summed E-state index contributed by atoms with van der Waals surface area (Å²) in [4.78, 5) is 30.9. The predicted octanol–water partition coefficient (Wildman–Crippen LogP) is 1.56. The number of anilines is 1. The van der Waals surface area contributed by atoms with E-state index in [1.807, 2.05) is 13.0 Å². The number of sulfone groups is 1. The van der Waals surface area contributed by atoms with E-state index in [1.54, 1.807) is 43.4 Å². The van der Waals surface area contributed by atoms with Crippen LogP contribution in [0.4, 0.5) is 5.69 Å². The van der Waals surface area contributed by atoms with Crippen LogP contribution in [0.15, 0.2) is 64.5 Å². The van der Waals surface area contributed by atoms with E-state index >= 15 is 0 Å². The molecule has 2 aromatic rings. The third-order valence-electron chi connectivity index (χ3n) is 4.75. The molecule has 0 saturated heterocycles. The molecule has 152 valence electrons. The van der Waals surface area contributed by atoms with Crippen molar-refractivity contribution in [2.24, 2.45) is 4.99 Å². The van der Waals surface area contributed by atoms with E-state index < -0.39 is 9.84 Å². The van der Waals surface area contributed by atoms with Gasteiger partial charge in [-0.3, -0.25) is 20.0 Å². The molecule has 2 aromatic carbocycles. The quantitative estimate of drug-likeness (QED) is 0.801. The number of benzene rings is 2. The molecule has 3 rings (SSSR count). The van der Waals surface area contributed by atoms with Crippen molar-refractivity contribution in [3.63, 3.8) is 0 Å². The van der Waals surface area contributed by atoms with Gasteiger partial charge in [0.1, 0.15) is 6.54 Å². The molecule has 1 atom stereocenters. The number of nitrogens with zero attached hydrogens (tertiary/aromatic N) is 3. The Morgan fingerprint density at radius 1 is 1.14 bits per heavy atom. The van der Waals surface area contributed by atoms with Crippen molar-refractivity contribution < 1.29 is 18.0 Å². The van der Waals surface area contributed by atoms with Crippen LogP contribution in [0.3, 0.4) is 0 Å². The van der Waals surface area contributed by atoms with E-state index in [4.69, 9.17) is 0 Å². The first-order chi connectivity index (χ1) is 13.7. The highest BCUT2D eigenvalue weighted by Gasteiger charge is 2.29. The number of amides is 2. The lowest BCUT2D eigenvalue weighted by Gasteiger charge is -2.31. The SMILES string of the molecule is C[C@@H](c1ccc(S(C)(=O)=O)cc1)N(C)C(=O)C1=NCC(=O)N(c2ccccc2)N1. The van der Waals surface area contributed by atoms with Gasteiger partial charge in [-0.25, -0.2) is 13.4 Å². The maximum atomic E-state index is 12.9. The number of hydrogen-bond donors (Lipinski definition) is 1. The fourth-order valence-corrected chi connectivity index (χ4v) is 3.51. The van der Waals surface area contributed by atoms with Gasteiger partial charge in [-0.1, -0.05) is 30.3 Å². The summed E-state index contributed by atoms with van der Waals surface area (Å²) in [5.74, 6) is -0.575. The van der Waals surface area contributed by atoms with Crippen LogP contribution in [0.2, 0.25) is 0 Å². The van der Waals surface area contributed by atoms with Gasteiger partial charge in [0.25, 0.3) is 11.8 Å². The Bertz CT molecular complexity index is 1050. The number of carbonyl (C=O) groups is 2. The molecule has 0 fully saturated rings. The second-order valence-electron chi connectivity index (χ2n) is 6.77. The fourth-order valence-electron chi connectivity index (χ4n) is 2.88. The highest BCUT2D eigenvalue weighted by Crippen LogP contribution is 2.21. The molecule has 0 aromatic heterocycles. The van der Waals surface area contributed by atoms with Gasteiger partial charge in [0, 0.05) is 13.3 Å². The normalized spacial score (nSPS) is 15.3. The molecule has 0 spiro atoms.